The van der Waals surface area contributed by atoms with Crippen molar-refractivity contribution in [3.8, 4) is 0 Å². The van der Waals surface area contributed by atoms with E-state index < -0.39 is 0 Å². The summed E-state index contributed by atoms with van der Waals surface area (Å²) in [6.07, 6.45) is 0. The summed E-state index contributed by atoms with van der Waals surface area (Å²) in [5, 5.41) is 0.964. The number of nitrogens with one attached hydrogen (secondary N) is 1. The van der Waals surface area contributed by atoms with Crippen molar-refractivity contribution >= 4 is 22.5 Å². The van der Waals surface area contributed by atoms with E-state index in [1.54, 1.807) is 4.90 Å². The molecule has 1 saturated heterocycles. The Morgan fingerprint density at radius 3 is 2.83 bits per heavy atom. The van der Waals surface area contributed by atoms with Gasteiger partial charge in [0.05, 0.1) is 13.2 Å². The summed E-state index contributed by atoms with van der Waals surface area (Å²) in [4.78, 5) is 17.2. The zero-order valence-corrected chi connectivity index (χ0v) is 9.98. The molecule has 0 atom stereocenters. The van der Waals surface area contributed by atoms with E-state index in [4.69, 9.17) is 10.5 Å². The van der Waals surface area contributed by atoms with Crippen LogP contribution in [0.3, 0.4) is 0 Å². The SMILES string of the molecule is Nc1ccc2[nH]c(C(=O)N3CCOCC3)cc2c1. The fourth-order valence-corrected chi connectivity index (χ4v) is 2.20. The molecule has 1 aromatic carbocycles. The van der Waals surface area contributed by atoms with Crippen LogP contribution < -0.4 is 5.73 Å². The molecule has 94 valence electrons. The van der Waals surface area contributed by atoms with E-state index >= 15 is 0 Å². The highest BCUT2D eigenvalue weighted by atomic mass is 16.5. The summed E-state index contributed by atoms with van der Waals surface area (Å²) < 4.78 is 5.24. The Labute approximate surface area is 105 Å². The Morgan fingerprint density at radius 2 is 2.06 bits per heavy atom. The van der Waals surface area contributed by atoms with E-state index in [1.807, 2.05) is 24.3 Å². The maximum Gasteiger partial charge on any atom is 0.270 e. The van der Waals surface area contributed by atoms with E-state index in [1.165, 1.54) is 0 Å². The molecule has 0 saturated carbocycles. The third-order valence-electron chi connectivity index (χ3n) is 3.17. The highest BCUT2D eigenvalue weighted by molar-refractivity contribution is 5.98. The van der Waals surface area contributed by atoms with Gasteiger partial charge in [-0.2, -0.15) is 0 Å². The first-order chi connectivity index (χ1) is 8.74. The highest BCUT2D eigenvalue weighted by Gasteiger charge is 2.19. The van der Waals surface area contributed by atoms with Crippen LogP contribution in [0.25, 0.3) is 10.9 Å². The first-order valence-corrected chi connectivity index (χ1v) is 5.99. The smallest absolute Gasteiger partial charge is 0.270 e. The molecule has 1 aromatic heterocycles. The number of hydrogen-bond acceptors (Lipinski definition) is 3. The number of nitrogens with two attached hydrogens (primary N) is 1. The number of carbonyl (C=O) groups excluding carboxylic acids is 1. The predicted molar refractivity (Wildman–Crippen MR) is 69.4 cm³/mol. The third-order valence-corrected chi connectivity index (χ3v) is 3.17. The Bertz CT molecular complexity index is 585. The number of fused-ring (bicyclic) bond motifs is 1. The van der Waals surface area contributed by atoms with Gasteiger partial charge in [-0.3, -0.25) is 4.79 Å². The van der Waals surface area contributed by atoms with Gasteiger partial charge in [-0.1, -0.05) is 0 Å². The van der Waals surface area contributed by atoms with Crippen molar-refractivity contribution in [2.75, 3.05) is 32.0 Å². The maximum atomic E-state index is 12.3. The van der Waals surface area contributed by atoms with Crippen LogP contribution in [-0.4, -0.2) is 42.1 Å². The number of amides is 1. The minimum atomic E-state index is 0.0214. The van der Waals surface area contributed by atoms with Gasteiger partial charge >= 0.3 is 0 Å². The van der Waals surface area contributed by atoms with Gasteiger partial charge < -0.3 is 20.4 Å². The van der Waals surface area contributed by atoms with Crippen LogP contribution in [0, 0.1) is 0 Å². The van der Waals surface area contributed by atoms with Crippen LogP contribution in [0.4, 0.5) is 5.69 Å². The van der Waals surface area contributed by atoms with E-state index in [0.29, 0.717) is 37.7 Å². The Morgan fingerprint density at radius 1 is 1.28 bits per heavy atom. The minimum absolute atomic E-state index is 0.0214. The van der Waals surface area contributed by atoms with Gasteiger partial charge in [0, 0.05) is 29.7 Å². The molecule has 0 spiro atoms. The van der Waals surface area contributed by atoms with E-state index in [2.05, 4.69) is 4.98 Å². The number of aromatic amines is 1. The van der Waals surface area contributed by atoms with Crippen molar-refractivity contribution in [2.24, 2.45) is 0 Å². The summed E-state index contributed by atoms with van der Waals surface area (Å²) in [6, 6.07) is 7.42. The fraction of sp³-hybridized carbons (Fsp3) is 0.308. The molecule has 1 fully saturated rings. The number of hydrogen-bond donors (Lipinski definition) is 2. The Balaban J connectivity index is 1.91. The molecule has 1 amide bonds. The number of benzene rings is 1. The zero-order chi connectivity index (χ0) is 12.5. The lowest BCUT2D eigenvalue weighted by Gasteiger charge is -2.26. The molecular formula is C13H15N3O2. The number of ether oxygens (including phenoxy) is 1. The fourth-order valence-electron chi connectivity index (χ4n) is 2.20. The van der Waals surface area contributed by atoms with Crippen LogP contribution in [0.1, 0.15) is 10.5 Å². The van der Waals surface area contributed by atoms with Gasteiger partial charge in [0.15, 0.2) is 0 Å². The monoisotopic (exact) mass is 245 g/mol. The molecule has 0 radical (unpaired) electrons. The number of carbonyl (C=O) groups is 1. The second-order valence-electron chi connectivity index (χ2n) is 4.43. The Kier molecular flexibility index (Phi) is 2.68. The summed E-state index contributed by atoms with van der Waals surface area (Å²) in [6.45, 7) is 2.52. The van der Waals surface area contributed by atoms with Crippen molar-refractivity contribution in [3.63, 3.8) is 0 Å². The van der Waals surface area contributed by atoms with Gasteiger partial charge in [-0.05, 0) is 24.3 Å². The van der Waals surface area contributed by atoms with E-state index in [9.17, 15) is 4.79 Å². The molecule has 0 bridgehead atoms. The third kappa shape index (κ3) is 1.93. The largest absolute Gasteiger partial charge is 0.399 e. The number of nitrogens with zero attached hydrogens (tertiary/aromatic N) is 1. The second kappa shape index (κ2) is 4.34. The number of anilines is 1. The van der Waals surface area contributed by atoms with Crippen molar-refractivity contribution in [2.45, 2.75) is 0 Å². The summed E-state index contributed by atoms with van der Waals surface area (Å²) in [5.41, 5.74) is 7.97. The molecule has 2 heterocycles. The first kappa shape index (κ1) is 11.1. The summed E-state index contributed by atoms with van der Waals surface area (Å²) in [5.74, 6) is 0.0214. The molecule has 1 aliphatic heterocycles. The maximum absolute atomic E-state index is 12.3. The van der Waals surface area contributed by atoms with E-state index in [0.717, 1.165) is 10.9 Å². The number of nitrogen functional groups attached to an aromatic ring is 1. The van der Waals surface area contributed by atoms with Crippen molar-refractivity contribution in [3.05, 3.63) is 30.0 Å². The summed E-state index contributed by atoms with van der Waals surface area (Å²) in [7, 11) is 0. The topological polar surface area (TPSA) is 71.4 Å². The van der Waals surface area contributed by atoms with Crippen molar-refractivity contribution in [1.82, 2.24) is 9.88 Å². The number of rotatable bonds is 1. The first-order valence-electron chi connectivity index (χ1n) is 5.99. The van der Waals surface area contributed by atoms with Crippen LogP contribution in [-0.2, 0) is 4.74 Å². The lowest BCUT2D eigenvalue weighted by atomic mass is 10.2. The summed E-state index contributed by atoms with van der Waals surface area (Å²) >= 11 is 0. The van der Waals surface area contributed by atoms with Crippen LogP contribution in [0.2, 0.25) is 0 Å². The normalized spacial score (nSPS) is 16.1. The lowest BCUT2D eigenvalue weighted by molar-refractivity contribution is 0.0299. The van der Waals surface area contributed by atoms with Crippen molar-refractivity contribution < 1.29 is 9.53 Å². The number of H-pyrrole nitrogens is 1. The average Bonchev–Trinajstić information content (AvgIpc) is 2.81. The molecule has 2 aromatic rings. The van der Waals surface area contributed by atoms with Crippen molar-refractivity contribution in [1.29, 1.82) is 0 Å². The van der Waals surface area contributed by atoms with Crippen LogP contribution in [0.15, 0.2) is 24.3 Å². The van der Waals surface area contributed by atoms with Crippen LogP contribution >= 0.6 is 0 Å². The van der Waals surface area contributed by atoms with Crippen LogP contribution in [0.5, 0.6) is 0 Å². The highest BCUT2D eigenvalue weighted by Crippen LogP contribution is 2.19. The molecule has 5 heteroatoms. The predicted octanol–water partition coefficient (Wildman–Crippen LogP) is 1.22. The molecule has 0 aliphatic carbocycles. The van der Waals surface area contributed by atoms with Gasteiger partial charge in [0.2, 0.25) is 0 Å². The van der Waals surface area contributed by atoms with Gasteiger partial charge in [0.25, 0.3) is 5.91 Å². The average molecular weight is 245 g/mol. The molecule has 1 aliphatic rings. The lowest BCUT2D eigenvalue weighted by Crippen LogP contribution is -2.40. The minimum Gasteiger partial charge on any atom is -0.399 e. The Hall–Kier alpha value is -2.01. The quantitative estimate of drug-likeness (QED) is 0.742. The number of aromatic nitrogens is 1. The van der Waals surface area contributed by atoms with Gasteiger partial charge in [-0.15, -0.1) is 0 Å². The molecule has 0 unspecified atom stereocenters. The number of morpholine rings is 1. The molecule has 3 rings (SSSR count). The molecule has 18 heavy (non-hydrogen) atoms. The zero-order valence-electron chi connectivity index (χ0n) is 9.98. The molecule has 5 nitrogen and oxygen atoms in total. The van der Waals surface area contributed by atoms with E-state index in [-0.39, 0.29) is 5.91 Å². The van der Waals surface area contributed by atoms with Gasteiger partial charge in [0.1, 0.15) is 5.69 Å². The van der Waals surface area contributed by atoms with Gasteiger partial charge in [-0.25, -0.2) is 0 Å². The molecule has 3 N–H and O–H groups in total. The standard InChI is InChI=1S/C13H15N3O2/c14-10-1-2-11-9(7-10)8-12(15-11)13(17)16-3-5-18-6-4-16/h1-2,7-8,15H,3-6,14H2. The molecular weight excluding hydrogens is 230 g/mol. The second-order valence-corrected chi connectivity index (χ2v) is 4.43.